The number of nitrogens with zero attached hydrogens (tertiary/aromatic N) is 4. The second-order valence-corrected chi connectivity index (χ2v) is 9.87. The van der Waals surface area contributed by atoms with Crippen LogP contribution in [-0.2, 0) is 0 Å². The Bertz CT molecular complexity index is 1100. The van der Waals surface area contributed by atoms with Gasteiger partial charge in [-0.25, -0.2) is 18.2 Å². The van der Waals surface area contributed by atoms with Gasteiger partial charge in [0, 0.05) is 50.8 Å². The normalized spacial score (nSPS) is 20.9. The van der Waals surface area contributed by atoms with Crippen LogP contribution in [0.2, 0.25) is 0 Å². The maximum atomic E-state index is 14.4. The van der Waals surface area contributed by atoms with Crippen molar-refractivity contribution >= 4 is 29.0 Å². The molecule has 0 radical (unpaired) electrons. The van der Waals surface area contributed by atoms with E-state index in [4.69, 9.17) is 5.73 Å². The van der Waals surface area contributed by atoms with Crippen LogP contribution in [0.5, 0.6) is 0 Å². The van der Waals surface area contributed by atoms with Crippen LogP contribution in [0.1, 0.15) is 54.6 Å². The van der Waals surface area contributed by atoms with Crippen molar-refractivity contribution in [2.75, 3.05) is 47.0 Å². The van der Waals surface area contributed by atoms with Gasteiger partial charge in [-0.15, -0.1) is 0 Å². The number of amides is 1. The predicted octanol–water partition coefficient (Wildman–Crippen LogP) is 4.37. The largest absolute Gasteiger partial charge is 0.396 e. The lowest BCUT2D eigenvalue weighted by atomic mass is 9.93. The Morgan fingerprint density at radius 2 is 1.62 bits per heavy atom. The molecule has 0 atom stereocenters. The number of carbonyl (C=O) groups is 1. The highest BCUT2D eigenvalue weighted by molar-refractivity contribution is 6.08. The second kappa shape index (κ2) is 8.32. The van der Waals surface area contributed by atoms with Crippen molar-refractivity contribution < 1.29 is 18.0 Å². The fraction of sp³-hybridized carbons (Fsp3) is 0.542. The molecule has 7 nitrogen and oxygen atoms in total. The Labute approximate surface area is 196 Å². The first-order valence-electron chi connectivity index (χ1n) is 11.8. The summed E-state index contributed by atoms with van der Waals surface area (Å²) in [6.45, 7) is 3.60. The van der Waals surface area contributed by atoms with Gasteiger partial charge in [0.2, 0.25) is 5.95 Å². The number of alkyl halides is 2. The van der Waals surface area contributed by atoms with Crippen LogP contribution in [-0.4, -0.2) is 48.0 Å². The molecule has 3 fully saturated rings. The van der Waals surface area contributed by atoms with Gasteiger partial charge in [-0.1, -0.05) is 0 Å². The number of piperidine rings is 2. The number of hydrogen-bond donors (Lipinski definition) is 2. The minimum absolute atomic E-state index is 0.000302. The minimum atomic E-state index is -2.68. The monoisotopic (exact) mass is 474 g/mol. The standard InChI is InChI=1S/C24H29F3N6O/c1-15-12-20(31-22(29-15)33-10-6-24(26,27)7-11-33)30-21(34)16-13-17(25)18(28)14-19(16)32-8-4-23(2-3-23)5-9-32/h12-14H,2-11,28H2,1H3,(H,29,30,31,34). The van der Waals surface area contributed by atoms with Crippen LogP contribution >= 0.6 is 0 Å². The number of rotatable bonds is 4. The van der Waals surface area contributed by atoms with Crippen LogP contribution in [0.25, 0.3) is 0 Å². The van der Waals surface area contributed by atoms with Crippen molar-refractivity contribution in [3.63, 3.8) is 0 Å². The molecule has 1 aliphatic carbocycles. The summed E-state index contributed by atoms with van der Waals surface area (Å²) in [5.41, 5.74) is 7.69. The second-order valence-electron chi connectivity index (χ2n) is 9.87. The Balaban J connectivity index is 1.37. The first-order valence-corrected chi connectivity index (χ1v) is 11.8. The van der Waals surface area contributed by atoms with E-state index in [0.29, 0.717) is 22.7 Å². The summed E-state index contributed by atoms with van der Waals surface area (Å²) in [7, 11) is 0. The van der Waals surface area contributed by atoms with Gasteiger partial charge in [-0.2, -0.15) is 4.98 Å². The number of carbonyl (C=O) groups excluding carboxylic acids is 1. The van der Waals surface area contributed by atoms with Gasteiger partial charge in [-0.05, 0) is 50.2 Å². The number of halogens is 3. The molecule has 1 amide bonds. The first-order chi connectivity index (χ1) is 16.1. The van der Waals surface area contributed by atoms with E-state index >= 15 is 0 Å². The molecule has 5 rings (SSSR count). The molecule has 2 aliphatic heterocycles. The van der Waals surface area contributed by atoms with Gasteiger partial charge < -0.3 is 20.9 Å². The van der Waals surface area contributed by atoms with E-state index in [0.717, 1.165) is 25.9 Å². The fourth-order valence-corrected chi connectivity index (χ4v) is 4.90. The number of benzene rings is 1. The Hall–Kier alpha value is -3.04. The molecule has 0 bridgehead atoms. The Morgan fingerprint density at radius 1 is 0.971 bits per heavy atom. The van der Waals surface area contributed by atoms with Crippen LogP contribution < -0.4 is 20.9 Å². The van der Waals surface area contributed by atoms with Gasteiger partial charge in [0.1, 0.15) is 11.6 Å². The quantitative estimate of drug-likeness (QED) is 0.640. The topological polar surface area (TPSA) is 87.4 Å². The third-order valence-electron chi connectivity index (χ3n) is 7.34. The van der Waals surface area contributed by atoms with E-state index < -0.39 is 17.6 Å². The molecule has 2 saturated heterocycles. The number of nitrogens with one attached hydrogen (secondary N) is 1. The molecular weight excluding hydrogens is 445 g/mol. The van der Waals surface area contributed by atoms with Crippen molar-refractivity contribution in [2.24, 2.45) is 5.41 Å². The molecule has 3 N–H and O–H groups in total. The molecule has 3 heterocycles. The molecule has 2 aromatic rings. The predicted molar refractivity (Wildman–Crippen MR) is 125 cm³/mol. The van der Waals surface area contributed by atoms with E-state index in [9.17, 15) is 18.0 Å². The average Bonchev–Trinajstić information content (AvgIpc) is 3.54. The molecule has 1 aromatic carbocycles. The molecule has 1 spiro atoms. The van der Waals surface area contributed by atoms with Gasteiger partial charge >= 0.3 is 0 Å². The van der Waals surface area contributed by atoms with Crippen LogP contribution in [0.15, 0.2) is 18.2 Å². The van der Waals surface area contributed by atoms with Gasteiger partial charge in [-0.3, -0.25) is 4.79 Å². The van der Waals surface area contributed by atoms with Crippen molar-refractivity contribution in [2.45, 2.75) is 51.4 Å². The number of aromatic nitrogens is 2. The summed E-state index contributed by atoms with van der Waals surface area (Å²) >= 11 is 0. The summed E-state index contributed by atoms with van der Waals surface area (Å²) in [6.07, 6.45) is 4.07. The molecule has 1 saturated carbocycles. The average molecular weight is 475 g/mol. The van der Waals surface area contributed by atoms with Crippen molar-refractivity contribution in [1.29, 1.82) is 0 Å². The van der Waals surface area contributed by atoms with Gasteiger partial charge in [0.15, 0.2) is 0 Å². The van der Waals surface area contributed by atoms with E-state index in [2.05, 4.69) is 20.2 Å². The highest BCUT2D eigenvalue weighted by atomic mass is 19.3. The van der Waals surface area contributed by atoms with E-state index in [1.807, 2.05) is 0 Å². The smallest absolute Gasteiger partial charge is 0.259 e. The number of aryl methyl sites for hydroxylation is 1. The fourth-order valence-electron chi connectivity index (χ4n) is 4.90. The summed E-state index contributed by atoms with van der Waals surface area (Å²) in [4.78, 5) is 25.8. The summed E-state index contributed by atoms with van der Waals surface area (Å²) in [6, 6.07) is 4.30. The zero-order chi connectivity index (χ0) is 24.1. The van der Waals surface area contributed by atoms with E-state index in [-0.39, 0.29) is 43.0 Å². The summed E-state index contributed by atoms with van der Waals surface area (Å²) in [5.74, 6) is -3.31. The van der Waals surface area contributed by atoms with Crippen molar-refractivity contribution in [3.05, 3.63) is 35.3 Å². The molecule has 182 valence electrons. The highest BCUT2D eigenvalue weighted by Crippen LogP contribution is 2.54. The molecule has 0 unspecified atom stereocenters. The van der Waals surface area contributed by atoms with E-state index in [1.165, 1.54) is 25.0 Å². The molecule has 3 aliphatic rings. The van der Waals surface area contributed by atoms with Crippen molar-refractivity contribution in [3.8, 4) is 0 Å². The maximum absolute atomic E-state index is 14.4. The van der Waals surface area contributed by atoms with Gasteiger partial charge in [0.05, 0.1) is 16.9 Å². The third kappa shape index (κ3) is 4.63. The molecular formula is C24H29F3N6O. The summed E-state index contributed by atoms with van der Waals surface area (Å²) in [5, 5.41) is 2.75. The summed E-state index contributed by atoms with van der Waals surface area (Å²) < 4.78 is 41.5. The van der Waals surface area contributed by atoms with Crippen molar-refractivity contribution in [1.82, 2.24) is 9.97 Å². The Kier molecular flexibility index (Phi) is 5.56. The van der Waals surface area contributed by atoms with E-state index in [1.54, 1.807) is 17.9 Å². The lowest BCUT2D eigenvalue weighted by molar-refractivity contribution is -0.0222. The lowest BCUT2D eigenvalue weighted by Crippen LogP contribution is -2.40. The number of nitrogens with two attached hydrogens (primary N) is 1. The first kappa shape index (κ1) is 22.7. The molecule has 1 aromatic heterocycles. The Morgan fingerprint density at radius 3 is 2.26 bits per heavy atom. The van der Waals surface area contributed by atoms with Crippen LogP contribution in [0.3, 0.4) is 0 Å². The SMILES string of the molecule is Cc1cc(NC(=O)c2cc(F)c(N)cc2N2CCC3(CC2)CC3)nc(N2CCC(F)(F)CC2)n1. The zero-order valence-corrected chi connectivity index (χ0v) is 19.2. The lowest BCUT2D eigenvalue weighted by Gasteiger charge is -2.35. The van der Waals surface area contributed by atoms with Crippen LogP contribution in [0.4, 0.5) is 36.3 Å². The maximum Gasteiger partial charge on any atom is 0.259 e. The number of nitrogen functional groups attached to an aromatic ring is 1. The highest BCUT2D eigenvalue weighted by Gasteiger charge is 2.44. The molecule has 34 heavy (non-hydrogen) atoms. The third-order valence-corrected chi connectivity index (χ3v) is 7.34. The zero-order valence-electron chi connectivity index (χ0n) is 19.2. The van der Waals surface area contributed by atoms with Gasteiger partial charge in [0.25, 0.3) is 11.8 Å². The minimum Gasteiger partial charge on any atom is -0.396 e. The number of hydrogen-bond acceptors (Lipinski definition) is 6. The number of anilines is 4. The van der Waals surface area contributed by atoms with Crippen LogP contribution in [0, 0.1) is 18.2 Å². The molecule has 10 heteroatoms.